The molecule has 0 radical (unpaired) electrons. The Morgan fingerprint density at radius 2 is 1.97 bits per heavy atom. The molecule has 1 unspecified atom stereocenters. The Morgan fingerprint density at radius 1 is 1.28 bits per heavy atom. The lowest BCUT2D eigenvalue weighted by molar-refractivity contribution is -0.383. The van der Waals surface area contributed by atoms with Crippen molar-refractivity contribution in [1.29, 1.82) is 0 Å². The minimum atomic E-state index is -1.55. The van der Waals surface area contributed by atoms with Gasteiger partial charge >= 0.3 is 5.97 Å². The number of fused-ring (bicyclic) bond motifs is 1. The highest BCUT2D eigenvalue weighted by molar-refractivity contribution is 6.10. The van der Waals surface area contributed by atoms with Gasteiger partial charge in [-0.1, -0.05) is 12.1 Å². The highest BCUT2D eigenvalue weighted by Gasteiger charge is 2.29. The number of piperazine rings is 1. The molecule has 1 aromatic heterocycles. The average molecular weight is 447 g/mol. The molecule has 2 heterocycles. The van der Waals surface area contributed by atoms with Gasteiger partial charge in [-0.25, -0.2) is 9.37 Å². The van der Waals surface area contributed by atoms with Crippen molar-refractivity contribution in [3.63, 3.8) is 0 Å². The SMILES string of the molecule is CN1CCN(c2c(C(=O)NC(CC(=O)O)C(=O)CF)cnc3c([N+](=O)[O-])cccc23)CC1. The number of carboxylic acid groups (broad SMARTS) is 1. The summed E-state index contributed by atoms with van der Waals surface area (Å²) in [5.41, 5.74) is 0.293. The fourth-order valence-corrected chi connectivity index (χ4v) is 3.63. The van der Waals surface area contributed by atoms with Crippen LogP contribution in [0.25, 0.3) is 10.9 Å². The number of rotatable bonds is 8. The summed E-state index contributed by atoms with van der Waals surface area (Å²) >= 11 is 0. The summed E-state index contributed by atoms with van der Waals surface area (Å²) < 4.78 is 12.9. The van der Waals surface area contributed by atoms with Gasteiger partial charge in [0.05, 0.1) is 22.6 Å². The van der Waals surface area contributed by atoms with Crippen LogP contribution in [0.4, 0.5) is 15.8 Å². The summed E-state index contributed by atoms with van der Waals surface area (Å²) in [4.78, 5) is 54.9. The Bertz CT molecular complexity index is 1070. The van der Waals surface area contributed by atoms with E-state index in [9.17, 15) is 28.9 Å². The van der Waals surface area contributed by atoms with Gasteiger partial charge in [-0.05, 0) is 7.05 Å². The number of benzene rings is 1. The number of nitrogens with zero attached hydrogens (tertiary/aromatic N) is 4. The highest BCUT2D eigenvalue weighted by atomic mass is 19.1. The largest absolute Gasteiger partial charge is 0.481 e. The number of nitrogens with one attached hydrogen (secondary N) is 1. The molecule has 170 valence electrons. The van der Waals surface area contributed by atoms with Crippen molar-refractivity contribution in [1.82, 2.24) is 15.2 Å². The van der Waals surface area contributed by atoms with Crippen LogP contribution in [-0.2, 0) is 9.59 Å². The Morgan fingerprint density at radius 3 is 2.56 bits per heavy atom. The average Bonchev–Trinajstić information content (AvgIpc) is 2.77. The topological polar surface area (TPSA) is 146 Å². The number of likely N-dealkylation sites (N-methyl/N-ethyl adjacent to an activating group) is 1. The predicted octanol–water partition coefficient (Wildman–Crippen LogP) is 1.01. The molecule has 1 aliphatic rings. The van der Waals surface area contributed by atoms with E-state index in [4.69, 9.17) is 5.11 Å². The Labute approximate surface area is 182 Å². The van der Waals surface area contributed by atoms with Gasteiger partial charge in [0.25, 0.3) is 11.6 Å². The number of halogens is 1. The zero-order valence-electron chi connectivity index (χ0n) is 17.3. The van der Waals surface area contributed by atoms with Crippen LogP contribution in [0.2, 0.25) is 0 Å². The number of carbonyl (C=O) groups excluding carboxylic acids is 2. The Kier molecular flexibility index (Phi) is 6.93. The molecule has 0 saturated carbocycles. The molecule has 3 rings (SSSR count). The van der Waals surface area contributed by atoms with Crippen molar-refractivity contribution in [2.75, 3.05) is 44.8 Å². The molecule has 1 aromatic carbocycles. The number of hydrogen-bond acceptors (Lipinski definition) is 8. The molecule has 2 N–H and O–H groups in total. The van der Waals surface area contributed by atoms with Crippen LogP contribution in [0.15, 0.2) is 24.4 Å². The van der Waals surface area contributed by atoms with Crippen LogP contribution in [0.5, 0.6) is 0 Å². The second-order valence-corrected chi connectivity index (χ2v) is 7.47. The van der Waals surface area contributed by atoms with Crippen molar-refractivity contribution < 1.29 is 28.8 Å². The number of aliphatic carboxylic acids is 1. The van der Waals surface area contributed by atoms with E-state index >= 15 is 0 Å². The number of non-ortho nitro benzene ring substituents is 1. The number of carboxylic acids is 1. The van der Waals surface area contributed by atoms with Gasteiger partial charge in [0.1, 0.15) is 18.2 Å². The fraction of sp³-hybridized carbons (Fsp3) is 0.400. The van der Waals surface area contributed by atoms with E-state index in [1.807, 2.05) is 11.9 Å². The lowest BCUT2D eigenvalue weighted by Crippen LogP contribution is -2.46. The molecule has 1 atom stereocenters. The maximum atomic E-state index is 13.1. The van der Waals surface area contributed by atoms with E-state index in [0.717, 1.165) is 6.20 Å². The predicted molar refractivity (Wildman–Crippen MR) is 113 cm³/mol. The number of carbonyl (C=O) groups is 3. The van der Waals surface area contributed by atoms with E-state index in [-0.39, 0.29) is 16.8 Å². The monoisotopic (exact) mass is 447 g/mol. The molecule has 0 aliphatic carbocycles. The highest BCUT2D eigenvalue weighted by Crippen LogP contribution is 2.34. The Balaban J connectivity index is 2.10. The number of Topliss-reactive ketones (excluding diaryl/α,β-unsaturated/α-hetero) is 1. The molecular weight excluding hydrogens is 425 g/mol. The van der Waals surface area contributed by atoms with Gasteiger partial charge in [-0.2, -0.15) is 0 Å². The van der Waals surface area contributed by atoms with Crippen LogP contribution in [0.3, 0.4) is 0 Å². The summed E-state index contributed by atoms with van der Waals surface area (Å²) in [7, 11) is 1.94. The minimum Gasteiger partial charge on any atom is -0.481 e. The number of aromatic nitrogens is 1. The van der Waals surface area contributed by atoms with Crippen LogP contribution >= 0.6 is 0 Å². The molecule has 11 nitrogen and oxygen atoms in total. The smallest absolute Gasteiger partial charge is 0.305 e. The Hall–Kier alpha value is -3.67. The van der Waals surface area contributed by atoms with E-state index < -0.39 is 41.7 Å². The number of amides is 1. The van der Waals surface area contributed by atoms with Crippen LogP contribution in [-0.4, -0.2) is 83.5 Å². The first-order chi connectivity index (χ1) is 15.2. The zero-order valence-corrected chi connectivity index (χ0v) is 17.3. The lowest BCUT2D eigenvalue weighted by atomic mass is 10.0. The third-order valence-corrected chi connectivity index (χ3v) is 5.31. The first-order valence-electron chi connectivity index (χ1n) is 9.83. The maximum absolute atomic E-state index is 13.1. The standard InChI is InChI=1S/C20H22FN5O6/c1-24-5-7-25(8-6-24)19-12-3-2-4-15(26(31)32)18(12)22-11-13(19)20(30)23-14(9-17(28)29)16(27)10-21/h2-4,11,14H,5-10H2,1H3,(H,23,30)(H,28,29). The summed E-state index contributed by atoms with van der Waals surface area (Å²) in [6.45, 7) is 0.996. The first-order valence-corrected chi connectivity index (χ1v) is 9.83. The second kappa shape index (κ2) is 9.64. The van der Waals surface area contributed by atoms with Gasteiger partial charge in [-0.15, -0.1) is 0 Å². The van der Waals surface area contributed by atoms with Crippen LogP contribution < -0.4 is 10.2 Å². The molecule has 1 aliphatic heterocycles. The molecular formula is C20H22FN5O6. The number of alkyl halides is 1. The van der Waals surface area contributed by atoms with E-state index in [0.29, 0.717) is 37.3 Å². The van der Waals surface area contributed by atoms with E-state index in [1.165, 1.54) is 12.1 Å². The third kappa shape index (κ3) is 4.80. The van der Waals surface area contributed by atoms with Crippen molar-refractivity contribution >= 4 is 39.9 Å². The quantitative estimate of drug-likeness (QED) is 0.447. The van der Waals surface area contributed by atoms with Crippen molar-refractivity contribution in [3.05, 3.63) is 40.1 Å². The van der Waals surface area contributed by atoms with Crippen LogP contribution in [0, 0.1) is 10.1 Å². The number of nitro groups is 1. The molecule has 32 heavy (non-hydrogen) atoms. The second-order valence-electron chi connectivity index (χ2n) is 7.47. The molecule has 12 heteroatoms. The van der Waals surface area contributed by atoms with Gasteiger partial charge in [0.15, 0.2) is 5.78 Å². The third-order valence-electron chi connectivity index (χ3n) is 5.31. The number of pyridine rings is 1. The van der Waals surface area contributed by atoms with E-state index in [2.05, 4.69) is 15.2 Å². The zero-order chi connectivity index (χ0) is 23.4. The first kappa shape index (κ1) is 23.0. The van der Waals surface area contributed by atoms with Crippen molar-refractivity contribution in [2.45, 2.75) is 12.5 Å². The normalized spacial score (nSPS) is 15.4. The van der Waals surface area contributed by atoms with E-state index in [1.54, 1.807) is 6.07 Å². The molecule has 1 saturated heterocycles. The summed E-state index contributed by atoms with van der Waals surface area (Å²) in [5.74, 6) is -3.25. The van der Waals surface area contributed by atoms with Crippen LogP contribution in [0.1, 0.15) is 16.8 Å². The molecule has 0 bridgehead atoms. The summed E-state index contributed by atoms with van der Waals surface area (Å²) in [6.07, 6.45) is 0.390. The maximum Gasteiger partial charge on any atom is 0.305 e. The number of ketones is 1. The number of hydrogen-bond donors (Lipinski definition) is 2. The fourth-order valence-electron chi connectivity index (χ4n) is 3.63. The number of nitro benzene ring substituents is 1. The van der Waals surface area contributed by atoms with Gasteiger partial charge in [-0.3, -0.25) is 24.5 Å². The lowest BCUT2D eigenvalue weighted by Gasteiger charge is -2.35. The summed E-state index contributed by atoms with van der Waals surface area (Å²) in [6, 6.07) is 2.86. The van der Waals surface area contributed by atoms with Gasteiger partial charge in [0, 0.05) is 43.8 Å². The molecule has 1 fully saturated rings. The number of anilines is 1. The molecule has 2 aromatic rings. The molecule has 1 amide bonds. The van der Waals surface area contributed by atoms with Crippen molar-refractivity contribution in [2.24, 2.45) is 0 Å². The molecule has 0 spiro atoms. The number of para-hydroxylation sites is 1. The van der Waals surface area contributed by atoms with Gasteiger partial charge < -0.3 is 20.2 Å². The summed E-state index contributed by atoms with van der Waals surface area (Å²) in [5, 5.41) is 23.1. The minimum absolute atomic E-state index is 0.0181. The van der Waals surface area contributed by atoms with Crippen molar-refractivity contribution in [3.8, 4) is 0 Å². The van der Waals surface area contributed by atoms with Gasteiger partial charge in [0.2, 0.25) is 0 Å².